The second-order valence-corrected chi connectivity index (χ2v) is 7.28. The van der Waals surface area contributed by atoms with E-state index in [4.69, 9.17) is 4.74 Å². The maximum absolute atomic E-state index is 12.7. The van der Waals surface area contributed by atoms with E-state index in [1.54, 1.807) is 13.2 Å². The third-order valence-electron chi connectivity index (χ3n) is 5.24. The van der Waals surface area contributed by atoms with Gasteiger partial charge in [-0.2, -0.15) is 0 Å². The predicted molar refractivity (Wildman–Crippen MR) is 115 cm³/mol. The molecule has 1 fully saturated rings. The van der Waals surface area contributed by atoms with Crippen LogP contribution in [-0.4, -0.2) is 54.9 Å². The molecule has 0 bridgehead atoms. The Morgan fingerprint density at radius 3 is 2.28 bits per heavy atom. The first-order chi connectivity index (χ1) is 14.1. The Bertz CT molecular complexity index is 859. The van der Waals surface area contributed by atoms with Gasteiger partial charge in [0.1, 0.15) is 5.75 Å². The van der Waals surface area contributed by atoms with Crippen molar-refractivity contribution in [2.24, 2.45) is 0 Å². The summed E-state index contributed by atoms with van der Waals surface area (Å²) in [5, 5.41) is 0. The number of allylic oxidation sites excluding steroid dienone is 1. The normalized spacial score (nSPS) is 15.0. The number of carbonyl (C=O) groups is 2. The minimum atomic E-state index is 0.0100. The van der Waals surface area contributed by atoms with Crippen molar-refractivity contribution in [2.45, 2.75) is 19.8 Å². The van der Waals surface area contributed by atoms with E-state index in [0.29, 0.717) is 32.6 Å². The summed E-state index contributed by atoms with van der Waals surface area (Å²) in [5.41, 5.74) is 2.97. The summed E-state index contributed by atoms with van der Waals surface area (Å²) in [6.45, 7) is 4.43. The first-order valence-electron chi connectivity index (χ1n) is 10.00. The van der Waals surface area contributed by atoms with Crippen molar-refractivity contribution in [3.8, 4) is 5.75 Å². The minimum absolute atomic E-state index is 0.0100. The van der Waals surface area contributed by atoms with Crippen LogP contribution in [0.3, 0.4) is 0 Å². The molecule has 5 nitrogen and oxygen atoms in total. The molecule has 2 aromatic rings. The van der Waals surface area contributed by atoms with Crippen molar-refractivity contribution >= 4 is 17.4 Å². The van der Waals surface area contributed by atoms with Crippen LogP contribution in [0.15, 0.2) is 60.7 Å². The summed E-state index contributed by atoms with van der Waals surface area (Å²) in [4.78, 5) is 29.1. The van der Waals surface area contributed by atoms with Gasteiger partial charge in [-0.15, -0.1) is 0 Å². The Hall–Kier alpha value is -3.08. The van der Waals surface area contributed by atoms with E-state index >= 15 is 0 Å². The highest BCUT2D eigenvalue weighted by atomic mass is 16.5. The van der Waals surface area contributed by atoms with Gasteiger partial charge in [-0.25, -0.2) is 0 Å². The zero-order chi connectivity index (χ0) is 20.6. The number of ether oxygens (including phenoxy) is 1. The molecule has 0 spiro atoms. The van der Waals surface area contributed by atoms with Crippen molar-refractivity contribution in [3.63, 3.8) is 0 Å². The van der Waals surface area contributed by atoms with E-state index in [9.17, 15) is 9.59 Å². The lowest BCUT2D eigenvalue weighted by molar-refractivity contribution is -0.131. The van der Waals surface area contributed by atoms with Crippen LogP contribution in [-0.2, 0) is 16.0 Å². The van der Waals surface area contributed by atoms with Crippen LogP contribution in [0.25, 0.3) is 5.57 Å². The highest BCUT2D eigenvalue weighted by Crippen LogP contribution is 2.15. The summed E-state index contributed by atoms with van der Waals surface area (Å²) in [7, 11) is 1.63. The average Bonchev–Trinajstić information content (AvgIpc) is 3.01. The molecule has 0 aromatic heterocycles. The van der Waals surface area contributed by atoms with Crippen molar-refractivity contribution < 1.29 is 14.3 Å². The highest BCUT2D eigenvalue weighted by molar-refractivity contribution is 5.95. The Balaban J connectivity index is 1.56. The van der Waals surface area contributed by atoms with Crippen LogP contribution in [0.4, 0.5) is 0 Å². The molecule has 29 heavy (non-hydrogen) atoms. The van der Waals surface area contributed by atoms with Gasteiger partial charge in [0, 0.05) is 32.3 Å². The minimum Gasteiger partial charge on any atom is -0.497 e. The Labute approximate surface area is 172 Å². The molecule has 0 unspecified atom stereocenters. The van der Waals surface area contributed by atoms with Crippen LogP contribution in [0, 0.1) is 0 Å². The zero-order valence-corrected chi connectivity index (χ0v) is 17.1. The van der Waals surface area contributed by atoms with Crippen LogP contribution in [0.1, 0.15) is 24.5 Å². The van der Waals surface area contributed by atoms with Crippen molar-refractivity contribution in [2.75, 3.05) is 33.3 Å². The van der Waals surface area contributed by atoms with Gasteiger partial charge in [-0.05, 0) is 42.2 Å². The summed E-state index contributed by atoms with van der Waals surface area (Å²) < 4.78 is 5.16. The number of hydrogen-bond donors (Lipinski definition) is 0. The van der Waals surface area contributed by atoms with E-state index in [1.165, 1.54) is 0 Å². The van der Waals surface area contributed by atoms with Gasteiger partial charge in [0.2, 0.25) is 11.8 Å². The molecule has 0 aliphatic carbocycles. The van der Waals surface area contributed by atoms with E-state index in [0.717, 1.165) is 28.9 Å². The lowest BCUT2D eigenvalue weighted by Crippen LogP contribution is -2.37. The Kier molecular flexibility index (Phi) is 7.06. The standard InChI is InChI=1S/C24H28N2O3/c1-19(21-7-4-3-5-8-21)17-23(27)25-13-6-14-26(16-15-25)24(28)18-20-9-11-22(29-2)12-10-20/h3-5,7-12,17H,6,13-16,18H2,1-2H3/b19-17+. The zero-order valence-electron chi connectivity index (χ0n) is 17.1. The van der Waals surface area contributed by atoms with Gasteiger partial charge in [0.05, 0.1) is 13.5 Å². The van der Waals surface area contributed by atoms with Crippen LogP contribution in [0.2, 0.25) is 0 Å². The van der Waals surface area contributed by atoms with Gasteiger partial charge in [0.25, 0.3) is 0 Å². The molecule has 3 rings (SSSR count). The molecular formula is C24H28N2O3. The van der Waals surface area contributed by atoms with Gasteiger partial charge in [-0.3, -0.25) is 9.59 Å². The second-order valence-electron chi connectivity index (χ2n) is 7.28. The fourth-order valence-corrected chi connectivity index (χ4v) is 3.48. The summed E-state index contributed by atoms with van der Waals surface area (Å²) >= 11 is 0. The second kappa shape index (κ2) is 9.92. The van der Waals surface area contributed by atoms with E-state index in [2.05, 4.69) is 0 Å². The van der Waals surface area contributed by atoms with E-state index in [1.807, 2.05) is 71.3 Å². The smallest absolute Gasteiger partial charge is 0.246 e. The number of hydrogen-bond acceptors (Lipinski definition) is 3. The maximum atomic E-state index is 12.7. The molecule has 0 radical (unpaired) electrons. The molecular weight excluding hydrogens is 364 g/mol. The molecule has 2 amide bonds. The SMILES string of the molecule is COc1ccc(CC(=O)N2CCCN(C(=O)/C=C(\C)c3ccccc3)CC2)cc1. The largest absolute Gasteiger partial charge is 0.497 e. The van der Waals surface area contributed by atoms with Gasteiger partial charge >= 0.3 is 0 Å². The highest BCUT2D eigenvalue weighted by Gasteiger charge is 2.21. The third kappa shape index (κ3) is 5.70. The molecule has 2 aromatic carbocycles. The number of amides is 2. The number of carbonyl (C=O) groups excluding carboxylic acids is 2. The topological polar surface area (TPSA) is 49.9 Å². The molecule has 0 saturated carbocycles. The van der Waals surface area contributed by atoms with Crippen LogP contribution >= 0.6 is 0 Å². The lowest BCUT2D eigenvalue weighted by atomic mass is 10.1. The van der Waals surface area contributed by atoms with Gasteiger partial charge in [0.15, 0.2) is 0 Å². The molecule has 0 N–H and O–H groups in total. The number of methoxy groups -OCH3 is 1. The monoisotopic (exact) mass is 392 g/mol. The Morgan fingerprint density at radius 1 is 0.931 bits per heavy atom. The van der Waals surface area contributed by atoms with Crippen LogP contribution in [0.5, 0.6) is 5.75 Å². The van der Waals surface area contributed by atoms with Gasteiger partial charge < -0.3 is 14.5 Å². The molecule has 152 valence electrons. The number of rotatable bonds is 5. The van der Waals surface area contributed by atoms with Crippen molar-refractivity contribution in [3.05, 3.63) is 71.8 Å². The molecule has 5 heteroatoms. The number of nitrogens with zero attached hydrogens (tertiary/aromatic N) is 2. The molecule has 0 atom stereocenters. The molecule has 1 aliphatic rings. The maximum Gasteiger partial charge on any atom is 0.246 e. The van der Waals surface area contributed by atoms with Gasteiger partial charge in [-0.1, -0.05) is 42.5 Å². The number of benzene rings is 2. The first kappa shape index (κ1) is 20.6. The first-order valence-corrected chi connectivity index (χ1v) is 10.00. The summed E-state index contributed by atoms with van der Waals surface area (Å²) in [5.74, 6) is 0.889. The average molecular weight is 392 g/mol. The molecule has 1 saturated heterocycles. The predicted octanol–water partition coefficient (Wildman–Crippen LogP) is 3.40. The summed E-state index contributed by atoms with van der Waals surface area (Å²) in [6.07, 6.45) is 2.85. The van der Waals surface area contributed by atoms with Crippen LogP contribution < -0.4 is 4.74 Å². The molecule has 1 aliphatic heterocycles. The third-order valence-corrected chi connectivity index (χ3v) is 5.24. The molecule has 1 heterocycles. The summed E-state index contributed by atoms with van der Waals surface area (Å²) in [6, 6.07) is 17.5. The quantitative estimate of drug-likeness (QED) is 0.733. The van der Waals surface area contributed by atoms with E-state index in [-0.39, 0.29) is 11.8 Å². The van der Waals surface area contributed by atoms with Crippen molar-refractivity contribution in [1.82, 2.24) is 9.80 Å². The van der Waals surface area contributed by atoms with E-state index < -0.39 is 0 Å². The fraction of sp³-hybridized carbons (Fsp3) is 0.333. The van der Waals surface area contributed by atoms with Crippen molar-refractivity contribution in [1.29, 1.82) is 0 Å². The Morgan fingerprint density at radius 2 is 1.59 bits per heavy atom. The fourth-order valence-electron chi connectivity index (χ4n) is 3.48. The lowest BCUT2D eigenvalue weighted by Gasteiger charge is -2.22.